The van der Waals surface area contributed by atoms with E-state index in [1.165, 1.54) is 5.56 Å². The van der Waals surface area contributed by atoms with Crippen molar-refractivity contribution in [1.82, 2.24) is 4.90 Å². The number of amides is 1. The van der Waals surface area contributed by atoms with Crippen LogP contribution in [0.4, 0.5) is 0 Å². The molecule has 0 aliphatic carbocycles. The first-order chi connectivity index (χ1) is 10.1. The molecule has 0 aliphatic heterocycles. The molecule has 1 aromatic carbocycles. The summed E-state index contributed by atoms with van der Waals surface area (Å²) in [5.74, 6) is 0.215. The van der Waals surface area contributed by atoms with Gasteiger partial charge in [-0.25, -0.2) is 0 Å². The Bertz CT molecular complexity index is 475. The van der Waals surface area contributed by atoms with Crippen molar-refractivity contribution in [3.8, 4) is 0 Å². The Labute approximate surface area is 136 Å². The summed E-state index contributed by atoms with van der Waals surface area (Å²) in [6, 6.07) is 8.61. The summed E-state index contributed by atoms with van der Waals surface area (Å²) in [7, 11) is 0. The van der Waals surface area contributed by atoms with Crippen LogP contribution in [0.5, 0.6) is 0 Å². The van der Waals surface area contributed by atoms with Gasteiger partial charge in [0.15, 0.2) is 0 Å². The van der Waals surface area contributed by atoms with Crippen molar-refractivity contribution >= 4 is 5.91 Å². The van der Waals surface area contributed by atoms with E-state index < -0.39 is 0 Å². The van der Waals surface area contributed by atoms with E-state index in [2.05, 4.69) is 58.9 Å². The van der Waals surface area contributed by atoms with Gasteiger partial charge in [-0.15, -0.1) is 0 Å². The van der Waals surface area contributed by atoms with Crippen LogP contribution < -0.4 is 0 Å². The predicted molar refractivity (Wildman–Crippen MR) is 95.2 cm³/mol. The van der Waals surface area contributed by atoms with Crippen LogP contribution in [-0.2, 0) is 16.6 Å². The Hall–Kier alpha value is -1.31. The molecule has 0 bridgehead atoms. The average Bonchev–Trinajstić information content (AvgIpc) is 2.38. The number of hydrogen-bond acceptors (Lipinski definition) is 1. The Morgan fingerprint density at radius 1 is 0.955 bits per heavy atom. The lowest BCUT2D eigenvalue weighted by molar-refractivity contribution is -0.130. The van der Waals surface area contributed by atoms with Crippen molar-refractivity contribution in [2.24, 2.45) is 5.41 Å². The van der Waals surface area contributed by atoms with Crippen LogP contribution in [-0.4, -0.2) is 23.9 Å². The van der Waals surface area contributed by atoms with Crippen molar-refractivity contribution in [3.63, 3.8) is 0 Å². The highest BCUT2D eigenvalue weighted by Crippen LogP contribution is 2.36. The summed E-state index contributed by atoms with van der Waals surface area (Å²) in [5.41, 5.74) is 2.91. The highest BCUT2D eigenvalue weighted by Gasteiger charge is 2.27. The lowest BCUT2D eigenvalue weighted by atomic mass is 9.72. The molecule has 0 aromatic heterocycles. The van der Waals surface area contributed by atoms with Gasteiger partial charge in [-0.3, -0.25) is 4.79 Å². The maximum atomic E-state index is 12.2. The fourth-order valence-electron chi connectivity index (χ4n) is 3.36. The zero-order chi connectivity index (χ0) is 17.0. The fraction of sp³-hybridized carbons (Fsp3) is 0.650. The number of nitrogens with zero attached hydrogens (tertiary/aromatic N) is 1. The second kappa shape index (κ2) is 7.30. The Kier molecular flexibility index (Phi) is 6.22. The summed E-state index contributed by atoms with van der Waals surface area (Å²) in [5, 5.41) is 0. The zero-order valence-corrected chi connectivity index (χ0v) is 15.5. The van der Waals surface area contributed by atoms with Crippen LogP contribution in [0.15, 0.2) is 24.3 Å². The number of rotatable bonds is 6. The molecule has 124 valence electrons. The number of carbonyl (C=O) groups is 1. The minimum absolute atomic E-state index is 0.152. The van der Waals surface area contributed by atoms with Gasteiger partial charge in [0.1, 0.15) is 0 Å². The van der Waals surface area contributed by atoms with E-state index in [4.69, 9.17) is 0 Å². The van der Waals surface area contributed by atoms with Crippen molar-refractivity contribution in [2.45, 2.75) is 66.7 Å². The molecule has 0 N–H and O–H groups in total. The third-order valence-electron chi connectivity index (χ3n) is 4.18. The van der Waals surface area contributed by atoms with Crippen LogP contribution in [0.3, 0.4) is 0 Å². The van der Waals surface area contributed by atoms with Crippen LogP contribution in [0.1, 0.15) is 66.0 Å². The second-order valence-corrected chi connectivity index (χ2v) is 8.06. The van der Waals surface area contributed by atoms with E-state index >= 15 is 0 Å². The predicted octanol–water partition coefficient (Wildman–Crippen LogP) is 4.81. The summed E-state index contributed by atoms with van der Waals surface area (Å²) >= 11 is 0. The van der Waals surface area contributed by atoms with Crippen molar-refractivity contribution < 1.29 is 4.79 Å². The quantitative estimate of drug-likeness (QED) is 0.738. The van der Waals surface area contributed by atoms with E-state index in [-0.39, 0.29) is 11.3 Å². The molecule has 1 aromatic rings. The zero-order valence-electron chi connectivity index (χ0n) is 15.5. The molecule has 2 nitrogen and oxygen atoms in total. The topological polar surface area (TPSA) is 20.3 Å². The first kappa shape index (κ1) is 18.7. The normalized spacial score (nSPS) is 12.3. The highest BCUT2D eigenvalue weighted by atomic mass is 16.2. The number of carbonyl (C=O) groups excluding carboxylic acids is 1. The summed E-state index contributed by atoms with van der Waals surface area (Å²) in [6.45, 7) is 17.1. The minimum Gasteiger partial charge on any atom is -0.343 e. The van der Waals surface area contributed by atoms with E-state index in [1.807, 2.05) is 18.7 Å². The van der Waals surface area contributed by atoms with Crippen molar-refractivity contribution in [1.29, 1.82) is 0 Å². The van der Waals surface area contributed by atoms with Gasteiger partial charge in [0, 0.05) is 13.1 Å². The van der Waals surface area contributed by atoms with Crippen LogP contribution in [0.25, 0.3) is 0 Å². The fourth-order valence-corrected chi connectivity index (χ4v) is 3.36. The summed E-state index contributed by atoms with van der Waals surface area (Å²) in [4.78, 5) is 14.1. The van der Waals surface area contributed by atoms with Gasteiger partial charge in [0.05, 0.1) is 6.42 Å². The highest BCUT2D eigenvalue weighted by molar-refractivity contribution is 5.78. The van der Waals surface area contributed by atoms with Gasteiger partial charge >= 0.3 is 0 Å². The average molecular weight is 303 g/mol. The molecule has 22 heavy (non-hydrogen) atoms. The first-order valence-electron chi connectivity index (χ1n) is 8.46. The molecule has 0 saturated carbocycles. The third-order valence-corrected chi connectivity index (χ3v) is 4.18. The summed E-state index contributed by atoms with van der Waals surface area (Å²) in [6.07, 6.45) is 1.64. The molecule has 2 heteroatoms. The molecule has 0 heterocycles. The SMILES string of the molecule is CCN(CC)C(=O)Cc1ccc(C(C)(C)CC(C)(C)C)cc1. The molecule has 1 rings (SSSR count). The largest absolute Gasteiger partial charge is 0.343 e. The smallest absolute Gasteiger partial charge is 0.226 e. The van der Waals surface area contributed by atoms with Gasteiger partial charge in [0.2, 0.25) is 5.91 Å². The van der Waals surface area contributed by atoms with Gasteiger partial charge in [0.25, 0.3) is 0 Å². The first-order valence-corrected chi connectivity index (χ1v) is 8.46. The molecule has 0 atom stereocenters. The van der Waals surface area contributed by atoms with Gasteiger partial charge in [-0.2, -0.15) is 0 Å². The second-order valence-electron chi connectivity index (χ2n) is 8.06. The van der Waals surface area contributed by atoms with Crippen molar-refractivity contribution in [3.05, 3.63) is 35.4 Å². The van der Waals surface area contributed by atoms with Gasteiger partial charge < -0.3 is 4.90 Å². The standard InChI is InChI=1S/C20H33NO/c1-8-21(9-2)18(22)14-16-10-12-17(13-11-16)20(6,7)15-19(3,4)5/h10-13H,8-9,14-15H2,1-7H3. The lowest BCUT2D eigenvalue weighted by Gasteiger charge is -2.33. The molecule has 1 amide bonds. The number of hydrogen-bond donors (Lipinski definition) is 0. The maximum Gasteiger partial charge on any atom is 0.226 e. The van der Waals surface area contributed by atoms with Gasteiger partial charge in [-0.1, -0.05) is 58.9 Å². The molecule has 0 saturated heterocycles. The molecule has 0 aliphatic rings. The van der Waals surface area contributed by atoms with E-state index in [0.717, 1.165) is 25.1 Å². The van der Waals surface area contributed by atoms with E-state index in [1.54, 1.807) is 0 Å². The lowest BCUT2D eigenvalue weighted by Crippen LogP contribution is -2.31. The molecular weight excluding hydrogens is 270 g/mol. The van der Waals surface area contributed by atoms with Crippen LogP contribution in [0.2, 0.25) is 0 Å². The molecular formula is C20H33NO. The van der Waals surface area contributed by atoms with Crippen LogP contribution >= 0.6 is 0 Å². The Morgan fingerprint density at radius 2 is 1.45 bits per heavy atom. The molecule has 0 spiro atoms. The van der Waals surface area contributed by atoms with Crippen LogP contribution in [0, 0.1) is 5.41 Å². The van der Waals surface area contributed by atoms with E-state index in [0.29, 0.717) is 11.8 Å². The molecule has 0 unspecified atom stereocenters. The number of benzene rings is 1. The van der Waals surface area contributed by atoms with Crippen molar-refractivity contribution in [2.75, 3.05) is 13.1 Å². The monoisotopic (exact) mass is 303 g/mol. The Balaban J connectivity index is 2.80. The molecule has 0 fully saturated rings. The third kappa shape index (κ3) is 5.47. The summed E-state index contributed by atoms with van der Waals surface area (Å²) < 4.78 is 0. The molecule has 0 radical (unpaired) electrons. The number of likely N-dealkylation sites (N-methyl/N-ethyl adjacent to an activating group) is 1. The van der Waals surface area contributed by atoms with E-state index in [9.17, 15) is 4.79 Å². The Morgan fingerprint density at radius 3 is 1.86 bits per heavy atom. The van der Waals surface area contributed by atoms with Gasteiger partial charge in [-0.05, 0) is 42.2 Å². The minimum atomic E-state index is 0.152. The maximum absolute atomic E-state index is 12.2.